The van der Waals surface area contributed by atoms with E-state index in [4.69, 9.17) is 0 Å². The Morgan fingerprint density at radius 1 is 0.741 bits per heavy atom. The Kier molecular flexibility index (Phi) is 4.24. The molecule has 0 saturated carbocycles. The van der Waals surface area contributed by atoms with Crippen molar-refractivity contribution < 1.29 is 13.2 Å². The van der Waals surface area contributed by atoms with E-state index in [-0.39, 0.29) is 5.52 Å². The Hall–Kier alpha value is -3.41. The van der Waals surface area contributed by atoms with Crippen molar-refractivity contribution >= 4 is 22.4 Å². The highest BCUT2D eigenvalue weighted by molar-refractivity contribution is 5.92. The highest BCUT2D eigenvalue weighted by atomic mass is 19.4. The van der Waals surface area contributed by atoms with Crippen molar-refractivity contribution in [1.29, 1.82) is 0 Å². The molecule has 4 aromatic rings. The largest absolute Gasteiger partial charge is 0.416 e. The van der Waals surface area contributed by atoms with Gasteiger partial charge in [-0.25, -0.2) is 9.97 Å². The molecule has 0 aliphatic carbocycles. The van der Waals surface area contributed by atoms with E-state index in [1.807, 2.05) is 60.7 Å². The lowest BCUT2D eigenvalue weighted by Gasteiger charge is -2.13. The average molecular weight is 365 g/mol. The van der Waals surface area contributed by atoms with Gasteiger partial charge in [0.2, 0.25) is 0 Å². The van der Waals surface area contributed by atoms with E-state index in [1.54, 1.807) is 0 Å². The van der Waals surface area contributed by atoms with Gasteiger partial charge in [-0.1, -0.05) is 48.5 Å². The van der Waals surface area contributed by atoms with Crippen LogP contribution in [0.2, 0.25) is 0 Å². The van der Waals surface area contributed by atoms with Crippen LogP contribution in [-0.2, 0) is 6.18 Å². The van der Waals surface area contributed by atoms with Gasteiger partial charge in [0, 0.05) is 16.6 Å². The fourth-order valence-corrected chi connectivity index (χ4v) is 2.78. The van der Waals surface area contributed by atoms with Crippen LogP contribution in [0.25, 0.3) is 22.3 Å². The van der Waals surface area contributed by atoms with Crippen molar-refractivity contribution in [3.63, 3.8) is 0 Å². The maximum atomic E-state index is 13.1. The summed E-state index contributed by atoms with van der Waals surface area (Å²) in [6.07, 6.45) is -4.43. The van der Waals surface area contributed by atoms with Gasteiger partial charge in [-0.3, -0.25) is 0 Å². The molecule has 0 bridgehead atoms. The third-order valence-electron chi connectivity index (χ3n) is 4.09. The summed E-state index contributed by atoms with van der Waals surface area (Å²) in [6.45, 7) is 0. The smallest absolute Gasteiger partial charge is 0.340 e. The number of rotatable bonds is 3. The SMILES string of the molecule is FC(F)(F)c1ccc2c(Nc3ccccc3)nc(-c3ccccc3)nc2c1. The first-order valence-corrected chi connectivity index (χ1v) is 8.27. The first kappa shape index (κ1) is 17.0. The van der Waals surface area contributed by atoms with E-state index in [0.717, 1.165) is 23.4 Å². The molecule has 4 rings (SSSR count). The first-order chi connectivity index (χ1) is 13.0. The zero-order chi connectivity index (χ0) is 18.9. The fraction of sp³-hybridized carbons (Fsp3) is 0.0476. The molecule has 0 spiro atoms. The van der Waals surface area contributed by atoms with Crippen LogP contribution in [0, 0.1) is 0 Å². The molecular weight excluding hydrogens is 351 g/mol. The molecule has 0 amide bonds. The van der Waals surface area contributed by atoms with E-state index in [1.165, 1.54) is 6.07 Å². The topological polar surface area (TPSA) is 37.8 Å². The van der Waals surface area contributed by atoms with Gasteiger partial charge >= 0.3 is 6.18 Å². The summed E-state index contributed by atoms with van der Waals surface area (Å²) in [7, 11) is 0. The van der Waals surface area contributed by atoms with Crippen molar-refractivity contribution in [3.8, 4) is 11.4 Å². The van der Waals surface area contributed by atoms with Gasteiger partial charge in [-0.2, -0.15) is 13.2 Å². The van der Waals surface area contributed by atoms with E-state index in [2.05, 4.69) is 15.3 Å². The van der Waals surface area contributed by atoms with Crippen LogP contribution < -0.4 is 5.32 Å². The van der Waals surface area contributed by atoms with Crippen LogP contribution in [-0.4, -0.2) is 9.97 Å². The van der Waals surface area contributed by atoms with Crippen molar-refractivity contribution in [2.24, 2.45) is 0 Å². The Labute approximate surface area is 153 Å². The molecule has 0 unspecified atom stereocenters. The predicted octanol–water partition coefficient (Wildman–Crippen LogP) is 6.06. The molecule has 134 valence electrons. The number of benzene rings is 3. The van der Waals surface area contributed by atoms with Crippen LogP contribution in [0.15, 0.2) is 78.9 Å². The average Bonchev–Trinajstić information content (AvgIpc) is 2.68. The van der Waals surface area contributed by atoms with Crippen LogP contribution >= 0.6 is 0 Å². The minimum Gasteiger partial charge on any atom is -0.340 e. The summed E-state index contributed by atoms with van der Waals surface area (Å²) in [5.74, 6) is 0.819. The third kappa shape index (κ3) is 3.60. The van der Waals surface area contributed by atoms with Crippen molar-refractivity contribution in [2.75, 3.05) is 5.32 Å². The number of halogens is 3. The standard InChI is InChI=1S/C21H14F3N3/c22-21(23,24)15-11-12-17-18(13-15)26-19(14-7-3-1-4-8-14)27-20(17)25-16-9-5-2-6-10-16/h1-13H,(H,25,26,27). The molecule has 0 radical (unpaired) electrons. The Morgan fingerprint density at radius 2 is 1.41 bits per heavy atom. The quantitative estimate of drug-likeness (QED) is 0.480. The number of anilines is 2. The van der Waals surface area contributed by atoms with Crippen LogP contribution in [0.3, 0.4) is 0 Å². The maximum absolute atomic E-state index is 13.1. The molecule has 0 atom stereocenters. The van der Waals surface area contributed by atoms with Gasteiger partial charge in [0.05, 0.1) is 11.1 Å². The predicted molar refractivity (Wildman–Crippen MR) is 99.7 cm³/mol. The highest BCUT2D eigenvalue weighted by Gasteiger charge is 2.31. The Balaban J connectivity index is 1.91. The van der Waals surface area contributed by atoms with Gasteiger partial charge in [-0.05, 0) is 30.3 Å². The van der Waals surface area contributed by atoms with Crippen molar-refractivity contribution in [1.82, 2.24) is 9.97 Å². The molecule has 0 aliphatic rings. The lowest BCUT2D eigenvalue weighted by Crippen LogP contribution is -2.06. The molecule has 1 aromatic heterocycles. The molecule has 1 N–H and O–H groups in total. The molecule has 0 aliphatic heterocycles. The second kappa shape index (κ2) is 6.72. The summed E-state index contributed by atoms with van der Waals surface area (Å²) in [6, 6.07) is 22.0. The fourth-order valence-electron chi connectivity index (χ4n) is 2.78. The Bertz CT molecular complexity index is 1080. The molecule has 3 aromatic carbocycles. The number of hydrogen-bond acceptors (Lipinski definition) is 3. The normalized spacial score (nSPS) is 11.5. The second-order valence-electron chi connectivity index (χ2n) is 5.98. The zero-order valence-electron chi connectivity index (χ0n) is 14.0. The van der Waals surface area contributed by atoms with E-state index < -0.39 is 11.7 Å². The second-order valence-corrected chi connectivity index (χ2v) is 5.98. The van der Waals surface area contributed by atoms with Crippen LogP contribution in [0.1, 0.15) is 5.56 Å². The first-order valence-electron chi connectivity index (χ1n) is 8.27. The number of alkyl halides is 3. The molecule has 1 heterocycles. The maximum Gasteiger partial charge on any atom is 0.416 e. The zero-order valence-corrected chi connectivity index (χ0v) is 14.0. The summed E-state index contributed by atoms with van der Waals surface area (Å²) >= 11 is 0. The minimum absolute atomic E-state index is 0.233. The van der Waals surface area contributed by atoms with Gasteiger partial charge in [0.25, 0.3) is 0 Å². The Morgan fingerprint density at radius 3 is 2.07 bits per heavy atom. The van der Waals surface area contributed by atoms with Crippen LogP contribution in [0.5, 0.6) is 0 Å². The molecule has 3 nitrogen and oxygen atoms in total. The van der Waals surface area contributed by atoms with Gasteiger partial charge < -0.3 is 5.32 Å². The minimum atomic E-state index is -4.43. The van der Waals surface area contributed by atoms with Crippen molar-refractivity contribution in [2.45, 2.75) is 6.18 Å². The van der Waals surface area contributed by atoms with Gasteiger partial charge in [-0.15, -0.1) is 0 Å². The number of nitrogens with zero attached hydrogens (tertiary/aromatic N) is 2. The molecule has 27 heavy (non-hydrogen) atoms. The van der Waals surface area contributed by atoms with Gasteiger partial charge in [0.1, 0.15) is 5.82 Å². The third-order valence-corrected chi connectivity index (χ3v) is 4.09. The summed E-state index contributed by atoms with van der Waals surface area (Å²) in [4.78, 5) is 8.93. The number of hydrogen-bond donors (Lipinski definition) is 1. The van der Waals surface area contributed by atoms with E-state index in [0.29, 0.717) is 17.0 Å². The number of aromatic nitrogens is 2. The van der Waals surface area contributed by atoms with E-state index >= 15 is 0 Å². The van der Waals surface area contributed by atoms with E-state index in [9.17, 15) is 13.2 Å². The van der Waals surface area contributed by atoms with Crippen LogP contribution in [0.4, 0.5) is 24.7 Å². The number of para-hydroxylation sites is 1. The summed E-state index contributed by atoms with van der Waals surface area (Å²) < 4.78 is 39.4. The summed E-state index contributed by atoms with van der Waals surface area (Å²) in [5.41, 5.74) is 1.01. The molecule has 0 fully saturated rings. The highest BCUT2D eigenvalue weighted by Crippen LogP contribution is 2.34. The summed E-state index contributed by atoms with van der Waals surface area (Å²) in [5, 5.41) is 3.70. The lowest BCUT2D eigenvalue weighted by molar-refractivity contribution is -0.137. The van der Waals surface area contributed by atoms with Gasteiger partial charge in [0.15, 0.2) is 5.82 Å². The molecule has 6 heteroatoms. The lowest BCUT2D eigenvalue weighted by atomic mass is 10.1. The monoisotopic (exact) mass is 365 g/mol. The van der Waals surface area contributed by atoms with Crippen molar-refractivity contribution in [3.05, 3.63) is 84.4 Å². The number of fused-ring (bicyclic) bond motifs is 1. The number of nitrogens with one attached hydrogen (secondary N) is 1. The molecular formula is C21H14F3N3. The molecule has 0 saturated heterocycles.